The summed E-state index contributed by atoms with van der Waals surface area (Å²) in [5.74, 6) is 0.402. The minimum Gasteiger partial charge on any atom is -0.399 e. The highest BCUT2D eigenvalue weighted by Gasteiger charge is 2.21. The summed E-state index contributed by atoms with van der Waals surface area (Å²) in [6, 6.07) is 4.77. The molecule has 1 saturated heterocycles. The van der Waals surface area contributed by atoms with E-state index < -0.39 is 10.0 Å². The Kier molecular flexibility index (Phi) is 4.52. The molecule has 2 rings (SSSR count). The molecule has 0 bridgehead atoms. The molecule has 0 spiro atoms. The Morgan fingerprint density at radius 2 is 2.20 bits per heavy atom. The van der Waals surface area contributed by atoms with Crippen molar-refractivity contribution in [1.82, 2.24) is 0 Å². The summed E-state index contributed by atoms with van der Waals surface area (Å²) in [4.78, 5) is 1.97. The van der Waals surface area contributed by atoms with Crippen LogP contribution in [-0.4, -0.2) is 35.2 Å². The van der Waals surface area contributed by atoms with Gasteiger partial charge in [0.2, 0.25) is 10.0 Å². The number of nitrogens with two attached hydrogens (primary N) is 2. The summed E-state index contributed by atoms with van der Waals surface area (Å²) < 4.78 is 28.8. The highest BCUT2D eigenvalue weighted by atomic mass is 32.2. The molecular formula is C13H21N3O3S. The first-order chi connectivity index (χ1) is 9.38. The number of anilines is 2. The van der Waals surface area contributed by atoms with Gasteiger partial charge in [0, 0.05) is 25.9 Å². The number of hydrogen-bond donors (Lipinski definition) is 2. The highest BCUT2D eigenvalue weighted by molar-refractivity contribution is 7.89. The summed E-state index contributed by atoms with van der Waals surface area (Å²) in [6.07, 6.45) is 2.13. The second-order valence-corrected chi connectivity index (χ2v) is 6.77. The number of hydrogen-bond acceptors (Lipinski definition) is 5. The minimum atomic E-state index is -3.79. The van der Waals surface area contributed by atoms with Crippen molar-refractivity contribution in [3.05, 3.63) is 18.2 Å². The minimum absolute atomic E-state index is 0.0664. The summed E-state index contributed by atoms with van der Waals surface area (Å²) in [7, 11) is -1.94. The topological polar surface area (TPSA) is 98.7 Å². The number of nitrogen functional groups attached to an aromatic ring is 1. The molecule has 0 aliphatic carbocycles. The van der Waals surface area contributed by atoms with Crippen LogP contribution >= 0.6 is 0 Å². The molecule has 1 fully saturated rings. The van der Waals surface area contributed by atoms with Gasteiger partial charge >= 0.3 is 0 Å². The van der Waals surface area contributed by atoms with Crippen LogP contribution in [0.1, 0.15) is 12.8 Å². The molecule has 6 nitrogen and oxygen atoms in total. The van der Waals surface area contributed by atoms with Gasteiger partial charge in [0.05, 0.1) is 12.3 Å². The van der Waals surface area contributed by atoms with Crippen LogP contribution in [0.25, 0.3) is 0 Å². The lowest BCUT2D eigenvalue weighted by Gasteiger charge is -2.29. The normalized spacial score (nSPS) is 19.8. The van der Waals surface area contributed by atoms with Crippen molar-refractivity contribution in [2.45, 2.75) is 17.7 Å². The van der Waals surface area contributed by atoms with Crippen molar-refractivity contribution in [3.8, 4) is 0 Å². The molecule has 1 atom stereocenters. The fraction of sp³-hybridized carbons (Fsp3) is 0.538. The fourth-order valence-corrected chi connectivity index (χ4v) is 3.33. The Hall–Kier alpha value is -1.31. The number of benzene rings is 1. The predicted octanol–water partition coefficient (Wildman–Crippen LogP) is 0.779. The van der Waals surface area contributed by atoms with Crippen molar-refractivity contribution < 1.29 is 13.2 Å². The third-order valence-corrected chi connectivity index (χ3v) is 4.43. The van der Waals surface area contributed by atoms with E-state index in [0.717, 1.165) is 26.0 Å². The lowest BCUT2D eigenvalue weighted by atomic mass is 10.0. The Balaban J connectivity index is 2.22. The average molecular weight is 299 g/mol. The van der Waals surface area contributed by atoms with E-state index in [0.29, 0.717) is 23.9 Å². The monoisotopic (exact) mass is 299 g/mol. The number of primary sulfonamides is 1. The van der Waals surface area contributed by atoms with Crippen molar-refractivity contribution in [2.24, 2.45) is 11.1 Å². The molecular weight excluding hydrogens is 278 g/mol. The van der Waals surface area contributed by atoms with E-state index in [-0.39, 0.29) is 4.90 Å². The van der Waals surface area contributed by atoms with Gasteiger partial charge in [0.1, 0.15) is 4.90 Å². The molecule has 112 valence electrons. The number of rotatable bonds is 4. The zero-order valence-corrected chi connectivity index (χ0v) is 12.4. The average Bonchev–Trinajstić information content (AvgIpc) is 2.38. The third kappa shape index (κ3) is 3.62. The lowest BCUT2D eigenvalue weighted by Crippen LogP contribution is -2.32. The summed E-state index contributed by atoms with van der Waals surface area (Å²) in [5.41, 5.74) is 6.61. The van der Waals surface area contributed by atoms with Gasteiger partial charge in [0.25, 0.3) is 0 Å². The van der Waals surface area contributed by atoms with Crippen molar-refractivity contribution >= 4 is 21.4 Å². The Morgan fingerprint density at radius 1 is 1.45 bits per heavy atom. The van der Waals surface area contributed by atoms with Crippen LogP contribution in [0.15, 0.2) is 23.1 Å². The molecule has 1 heterocycles. The Morgan fingerprint density at radius 3 is 2.80 bits per heavy atom. The molecule has 0 radical (unpaired) electrons. The number of nitrogens with zero attached hydrogens (tertiary/aromatic N) is 1. The standard InChI is InChI=1S/C13H21N3O3S/c1-16(8-10-3-2-6-19-9-10)12-5-4-11(14)7-13(12)20(15,17)18/h4-5,7,10H,2-3,6,8-9,14H2,1H3,(H2,15,17,18). The van der Waals surface area contributed by atoms with Crippen LogP contribution in [0.2, 0.25) is 0 Å². The quantitative estimate of drug-likeness (QED) is 0.800. The van der Waals surface area contributed by atoms with Crippen molar-refractivity contribution in [2.75, 3.05) is 37.4 Å². The largest absolute Gasteiger partial charge is 0.399 e. The molecule has 0 aromatic heterocycles. The van der Waals surface area contributed by atoms with Gasteiger partial charge in [-0.1, -0.05) is 0 Å². The summed E-state index contributed by atoms with van der Waals surface area (Å²) in [6.45, 7) is 2.25. The zero-order chi connectivity index (χ0) is 14.8. The summed E-state index contributed by atoms with van der Waals surface area (Å²) in [5, 5.41) is 5.26. The van der Waals surface area contributed by atoms with E-state index >= 15 is 0 Å². The van der Waals surface area contributed by atoms with Gasteiger partial charge in [-0.25, -0.2) is 13.6 Å². The van der Waals surface area contributed by atoms with E-state index in [2.05, 4.69) is 0 Å². The smallest absolute Gasteiger partial charge is 0.240 e. The van der Waals surface area contributed by atoms with Crippen molar-refractivity contribution in [1.29, 1.82) is 0 Å². The van der Waals surface area contributed by atoms with Crippen LogP contribution in [-0.2, 0) is 14.8 Å². The molecule has 1 aliphatic rings. The molecule has 7 heteroatoms. The Labute approximate surface area is 119 Å². The Bertz CT molecular complexity index is 568. The second-order valence-electron chi connectivity index (χ2n) is 5.24. The summed E-state index contributed by atoms with van der Waals surface area (Å²) >= 11 is 0. The van der Waals surface area contributed by atoms with Crippen LogP contribution in [0.5, 0.6) is 0 Å². The maximum absolute atomic E-state index is 11.7. The molecule has 1 unspecified atom stereocenters. The highest BCUT2D eigenvalue weighted by Crippen LogP contribution is 2.27. The molecule has 0 amide bonds. The zero-order valence-electron chi connectivity index (χ0n) is 11.6. The molecule has 1 aliphatic heterocycles. The van der Waals surface area contributed by atoms with E-state index in [9.17, 15) is 8.42 Å². The van der Waals surface area contributed by atoms with Crippen LogP contribution in [0.4, 0.5) is 11.4 Å². The first-order valence-corrected chi connectivity index (χ1v) is 8.14. The molecule has 0 saturated carbocycles. The SMILES string of the molecule is CN(CC1CCCOC1)c1ccc(N)cc1S(N)(=O)=O. The molecule has 1 aromatic carbocycles. The molecule has 1 aromatic rings. The second kappa shape index (κ2) is 5.99. The fourth-order valence-electron chi connectivity index (χ4n) is 2.51. The van der Waals surface area contributed by atoms with Gasteiger partial charge in [-0.05, 0) is 37.0 Å². The molecule has 20 heavy (non-hydrogen) atoms. The van der Waals surface area contributed by atoms with Crippen LogP contribution < -0.4 is 15.8 Å². The first kappa shape index (κ1) is 15.1. The van der Waals surface area contributed by atoms with Gasteiger partial charge < -0.3 is 15.4 Å². The maximum atomic E-state index is 11.7. The van der Waals surface area contributed by atoms with Crippen LogP contribution in [0, 0.1) is 5.92 Å². The predicted molar refractivity (Wildman–Crippen MR) is 79.0 cm³/mol. The van der Waals surface area contributed by atoms with Gasteiger partial charge in [-0.2, -0.15) is 0 Å². The van der Waals surface area contributed by atoms with E-state index in [1.165, 1.54) is 6.07 Å². The van der Waals surface area contributed by atoms with Gasteiger partial charge in [-0.3, -0.25) is 0 Å². The third-order valence-electron chi connectivity index (χ3n) is 3.49. The number of sulfonamides is 1. The molecule has 4 N–H and O–H groups in total. The first-order valence-electron chi connectivity index (χ1n) is 6.59. The van der Waals surface area contributed by atoms with E-state index in [4.69, 9.17) is 15.6 Å². The van der Waals surface area contributed by atoms with Crippen molar-refractivity contribution in [3.63, 3.8) is 0 Å². The lowest BCUT2D eigenvalue weighted by molar-refractivity contribution is 0.0576. The maximum Gasteiger partial charge on any atom is 0.240 e. The van der Waals surface area contributed by atoms with Crippen LogP contribution in [0.3, 0.4) is 0 Å². The van der Waals surface area contributed by atoms with E-state index in [1.54, 1.807) is 12.1 Å². The van der Waals surface area contributed by atoms with Gasteiger partial charge in [0.15, 0.2) is 0 Å². The van der Waals surface area contributed by atoms with Gasteiger partial charge in [-0.15, -0.1) is 0 Å². The van der Waals surface area contributed by atoms with E-state index in [1.807, 2.05) is 11.9 Å². The number of ether oxygens (including phenoxy) is 1.